The van der Waals surface area contributed by atoms with Crippen LogP contribution in [0, 0.1) is 15.9 Å². The first-order valence-electron chi connectivity index (χ1n) is 6.05. The van der Waals surface area contributed by atoms with E-state index in [2.05, 4.69) is 6.58 Å². The normalized spacial score (nSPS) is 11.0. The summed E-state index contributed by atoms with van der Waals surface area (Å²) in [7, 11) is 0. The minimum Gasteiger partial charge on any atom is -0.330 e. The van der Waals surface area contributed by atoms with Crippen LogP contribution >= 0.6 is 0 Å². The minimum atomic E-state index is -1.02. The summed E-state index contributed by atoms with van der Waals surface area (Å²) in [6, 6.07) is 3.14. The van der Waals surface area contributed by atoms with E-state index in [1.807, 2.05) is 20.8 Å². The van der Waals surface area contributed by atoms with Crippen LogP contribution < -0.4 is 0 Å². The van der Waals surface area contributed by atoms with Crippen LogP contribution in [0.5, 0.6) is 0 Å². The summed E-state index contributed by atoms with van der Waals surface area (Å²) < 4.78 is 13.6. The molecule has 20 heavy (non-hydrogen) atoms. The highest BCUT2D eigenvalue weighted by Crippen LogP contribution is 2.22. The molecule has 1 amide bonds. The molecule has 0 aliphatic rings. The smallest absolute Gasteiger partial charge is 0.304 e. The minimum absolute atomic E-state index is 0.0740. The van der Waals surface area contributed by atoms with Crippen molar-refractivity contribution in [2.24, 2.45) is 0 Å². The van der Waals surface area contributed by atoms with Crippen molar-refractivity contribution in [3.63, 3.8) is 0 Å². The van der Waals surface area contributed by atoms with Gasteiger partial charge < -0.3 is 4.90 Å². The SMILES string of the molecule is C=CCN(C(=O)c1ccc([N+](=O)[O-])c(F)c1)C(C)(C)C. The Morgan fingerprint density at radius 1 is 1.50 bits per heavy atom. The van der Waals surface area contributed by atoms with Crippen molar-refractivity contribution < 1.29 is 14.1 Å². The maximum atomic E-state index is 13.6. The fourth-order valence-corrected chi connectivity index (χ4v) is 1.73. The van der Waals surface area contributed by atoms with Crippen molar-refractivity contribution in [3.05, 3.63) is 52.3 Å². The van der Waals surface area contributed by atoms with E-state index in [0.717, 1.165) is 12.1 Å². The Morgan fingerprint density at radius 2 is 2.10 bits per heavy atom. The van der Waals surface area contributed by atoms with Gasteiger partial charge in [-0.3, -0.25) is 14.9 Å². The van der Waals surface area contributed by atoms with Gasteiger partial charge in [0.05, 0.1) is 4.92 Å². The van der Waals surface area contributed by atoms with Gasteiger partial charge >= 0.3 is 5.69 Å². The van der Waals surface area contributed by atoms with Gasteiger partial charge in [0.1, 0.15) is 0 Å². The van der Waals surface area contributed by atoms with Gasteiger partial charge in [-0.15, -0.1) is 6.58 Å². The van der Waals surface area contributed by atoms with Crippen LogP contribution in [0.1, 0.15) is 31.1 Å². The number of benzene rings is 1. The van der Waals surface area contributed by atoms with Crippen LogP contribution in [-0.4, -0.2) is 27.8 Å². The van der Waals surface area contributed by atoms with Gasteiger partial charge in [0.25, 0.3) is 5.91 Å². The molecule has 0 saturated carbocycles. The predicted molar refractivity (Wildman–Crippen MR) is 74.0 cm³/mol. The molecule has 108 valence electrons. The third kappa shape index (κ3) is 3.40. The highest BCUT2D eigenvalue weighted by atomic mass is 19.1. The molecule has 0 aliphatic heterocycles. The van der Waals surface area contributed by atoms with E-state index in [1.165, 1.54) is 11.0 Å². The van der Waals surface area contributed by atoms with Crippen molar-refractivity contribution >= 4 is 11.6 Å². The monoisotopic (exact) mass is 280 g/mol. The number of carbonyl (C=O) groups excluding carboxylic acids is 1. The zero-order valence-electron chi connectivity index (χ0n) is 11.7. The Hall–Kier alpha value is -2.24. The largest absolute Gasteiger partial charge is 0.330 e. The highest BCUT2D eigenvalue weighted by molar-refractivity contribution is 5.95. The quantitative estimate of drug-likeness (QED) is 0.483. The number of carbonyl (C=O) groups is 1. The third-order valence-corrected chi connectivity index (χ3v) is 2.76. The number of hydrogen-bond donors (Lipinski definition) is 0. The molecule has 0 N–H and O–H groups in total. The lowest BCUT2D eigenvalue weighted by molar-refractivity contribution is -0.387. The lowest BCUT2D eigenvalue weighted by atomic mass is 10.0. The van der Waals surface area contributed by atoms with Crippen LogP contribution in [0.4, 0.5) is 10.1 Å². The lowest BCUT2D eigenvalue weighted by Gasteiger charge is -2.35. The van der Waals surface area contributed by atoms with Gasteiger partial charge in [-0.05, 0) is 32.9 Å². The zero-order chi connectivity index (χ0) is 15.5. The lowest BCUT2D eigenvalue weighted by Crippen LogP contribution is -2.45. The van der Waals surface area contributed by atoms with E-state index in [4.69, 9.17) is 0 Å². The molecule has 0 radical (unpaired) electrons. The number of nitro groups is 1. The first-order chi connectivity index (χ1) is 9.18. The van der Waals surface area contributed by atoms with Crippen molar-refractivity contribution in [1.29, 1.82) is 0 Å². The second-order valence-corrected chi connectivity index (χ2v) is 5.30. The predicted octanol–water partition coefficient (Wildman–Crippen LogP) is 3.16. The summed E-state index contributed by atoms with van der Waals surface area (Å²) in [6.45, 7) is 9.42. The first kappa shape index (κ1) is 15.8. The van der Waals surface area contributed by atoms with Gasteiger partial charge in [0.2, 0.25) is 5.82 Å². The average molecular weight is 280 g/mol. The molecule has 0 heterocycles. The molecule has 1 rings (SSSR count). The molecule has 0 atom stereocenters. The van der Waals surface area contributed by atoms with Crippen molar-refractivity contribution in [3.8, 4) is 0 Å². The van der Waals surface area contributed by atoms with Gasteiger partial charge in [-0.2, -0.15) is 4.39 Å². The standard InChI is InChI=1S/C14H17FN2O3/c1-5-8-16(14(2,3)4)13(18)10-6-7-12(17(19)20)11(15)9-10/h5-7,9H,1,8H2,2-4H3. The number of nitrogens with zero attached hydrogens (tertiary/aromatic N) is 2. The zero-order valence-corrected chi connectivity index (χ0v) is 11.7. The number of rotatable bonds is 4. The molecular formula is C14H17FN2O3. The second-order valence-electron chi connectivity index (χ2n) is 5.30. The summed E-state index contributed by atoms with van der Waals surface area (Å²) in [5, 5.41) is 10.6. The fourth-order valence-electron chi connectivity index (χ4n) is 1.73. The molecule has 0 saturated heterocycles. The Labute approximate surface area is 116 Å². The van der Waals surface area contributed by atoms with Gasteiger partial charge in [0, 0.05) is 23.7 Å². The first-order valence-corrected chi connectivity index (χ1v) is 6.05. The molecule has 0 bridgehead atoms. The van der Waals surface area contributed by atoms with E-state index in [1.54, 1.807) is 6.08 Å². The van der Waals surface area contributed by atoms with E-state index >= 15 is 0 Å². The fraction of sp³-hybridized carbons (Fsp3) is 0.357. The van der Waals surface area contributed by atoms with Crippen LogP contribution in [0.3, 0.4) is 0 Å². The molecular weight excluding hydrogens is 263 g/mol. The van der Waals surface area contributed by atoms with Gasteiger partial charge in [0.15, 0.2) is 0 Å². The van der Waals surface area contributed by atoms with Crippen LogP contribution in [-0.2, 0) is 0 Å². The Morgan fingerprint density at radius 3 is 2.50 bits per heavy atom. The summed E-state index contributed by atoms with van der Waals surface area (Å²) in [4.78, 5) is 23.6. The summed E-state index contributed by atoms with van der Waals surface area (Å²) in [6.07, 6.45) is 1.57. The highest BCUT2D eigenvalue weighted by Gasteiger charge is 2.27. The molecule has 0 spiro atoms. The van der Waals surface area contributed by atoms with Crippen LogP contribution in [0.15, 0.2) is 30.9 Å². The molecule has 6 heteroatoms. The maximum Gasteiger partial charge on any atom is 0.304 e. The molecule has 0 aliphatic carbocycles. The number of hydrogen-bond acceptors (Lipinski definition) is 3. The van der Waals surface area contributed by atoms with Crippen molar-refractivity contribution in [1.82, 2.24) is 4.90 Å². The van der Waals surface area contributed by atoms with Crippen molar-refractivity contribution in [2.45, 2.75) is 26.3 Å². The summed E-state index contributed by atoms with van der Waals surface area (Å²) in [5.41, 5.74) is -1.04. The van der Waals surface area contributed by atoms with E-state index in [9.17, 15) is 19.3 Å². The summed E-state index contributed by atoms with van der Waals surface area (Å²) in [5.74, 6) is -1.42. The Bertz CT molecular complexity index is 550. The molecule has 0 fully saturated rings. The van der Waals surface area contributed by atoms with Gasteiger partial charge in [-0.25, -0.2) is 0 Å². The number of nitro benzene ring substituents is 1. The number of halogens is 1. The van der Waals surface area contributed by atoms with E-state index < -0.39 is 27.9 Å². The molecule has 1 aromatic carbocycles. The third-order valence-electron chi connectivity index (χ3n) is 2.76. The number of amides is 1. The van der Waals surface area contributed by atoms with Crippen LogP contribution in [0.2, 0.25) is 0 Å². The summed E-state index contributed by atoms with van der Waals surface area (Å²) >= 11 is 0. The van der Waals surface area contributed by atoms with Gasteiger partial charge in [-0.1, -0.05) is 6.08 Å². The van der Waals surface area contributed by atoms with Crippen LogP contribution in [0.25, 0.3) is 0 Å². The van der Waals surface area contributed by atoms with E-state index in [-0.39, 0.29) is 5.56 Å². The molecule has 0 unspecified atom stereocenters. The maximum absolute atomic E-state index is 13.6. The molecule has 5 nitrogen and oxygen atoms in total. The topological polar surface area (TPSA) is 63.5 Å². The van der Waals surface area contributed by atoms with Crippen molar-refractivity contribution in [2.75, 3.05) is 6.54 Å². The Balaban J connectivity index is 3.16. The molecule has 0 aromatic heterocycles. The second kappa shape index (κ2) is 5.81. The molecule has 1 aromatic rings. The van der Waals surface area contributed by atoms with E-state index in [0.29, 0.717) is 6.54 Å². The average Bonchev–Trinajstić information content (AvgIpc) is 2.33. The Kier molecular flexibility index (Phi) is 4.60.